The monoisotopic (exact) mass is 578 g/mol. The van der Waals surface area contributed by atoms with E-state index in [0.717, 1.165) is 11.1 Å². The van der Waals surface area contributed by atoms with Crippen LogP contribution < -0.4 is 0 Å². The first-order valence-corrected chi connectivity index (χ1v) is 14.0. The molecule has 4 heterocycles. The van der Waals surface area contributed by atoms with Gasteiger partial charge in [-0.15, -0.1) is 10.2 Å². The maximum atomic E-state index is 14.1. The summed E-state index contributed by atoms with van der Waals surface area (Å²) in [5, 5.41) is 8.29. The molecule has 2 aromatic heterocycles. The molecule has 2 fully saturated rings. The Kier molecular flexibility index (Phi) is 6.51. The first-order valence-electron chi connectivity index (χ1n) is 14.0. The number of hydrogen-bond donors (Lipinski definition) is 0. The molecule has 12 heteroatoms. The smallest absolute Gasteiger partial charge is 0.218 e. The van der Waals surface area contributed by atoms with Crippen LogP contribution in [-0.4, -0.2) is 53.4 Å². The van der Waals surface area contributed by atoms with Gasteiger partial charge in [0.1, 0.15) is 12.3 Å². The van der Waals surface area contributed by atoms with E-state index in [-0.39, 0.29) is 61.1 Å². The van der Waals surface area contributed by atoms with Gasteiger partial charge in [-0.1, -0.05) is 60.7 Å². The van der Waals surface area contributed by atoms with Crippen molar-refractivity contribution in [2.75, 3.05) is 0 Å². The van der Waals surface area contributed by atoms with Crippen LogP contribution in [0.4, 0.5) is 17.6 Å². The normalized spacial score (nSPS) is 30.2. The lowest BCUT2D eigenvalue weighted by molar-refractivity contribution is 0.0938. The second-order valence-corrected chi connectivity index (χ2v) is 11.2. The second kappa shape index (κ2) is 10.2. The van der Waals surface area contributed by atoms with Gasteiger partial charge in [-0.25, -0.2) is 36.9 Å². The van der Waals surface area contributed by atoms with E-state index in [9.17, 15) is 27.2 Å². The highest BCUT2D eigenvalue weighted by atomic mass is 19.1. The summed E-state index contributed by atoms with van der Waals surface area (Å²) in [7, 11) is 0. The highest BCUT2D eigenvalue weighted by Gasteiger charge is 2.47. The molecule has 4 aromatic rings. The number of fused-ring (bicyclic) bond motifs is 2. The molecule has 2 saturated carbocycles. The van der Waals surface area contributed by atoms with Crippen LogP contribution in [0.2, 0.25) is 0 Å². The lowest BCUT2D eigenvalue weighted by Gasteiger charge is -2.11. The van der Waals surface area contributed by atoms with E-state index < -0.39 is 48.1 Å². The third-order valence-corrected chi connectivity index (χ3v) is 8.23. The summed E-state index contributed by atoms with van der Waals surface area (Å²) in [5.74, 6) is -1.88. The maximum absolute atomic E-state index is 14.1. The van der Waals surface area contributed by atoms with E-state index in [1.165, 1.54) is 9.36 Å². The minimum absolute atomic E-state index is 0.0570. The highest BCUT2D eigenvalue weighted by Crippen LogP contribution is 2.42. The highest BCUT2D eigenvalue weighted by molar-refractivity contribution is 5.97. The van der Waals surface area contributed by atoms with Crippen LogP contribution in [0, 0.1) is 11.8 Å². The molecule has 0 N–H and O–H groups in total. The van der Waals surface area contributed by atoms with Gasteiger partial charge in [0.05, 0.1) is 23.9 Å². The van der Waals surface area contributed by atoms with Crippen LogP contribution >= 0.6 is 0 Å². The first kappa shape index (κ1) is 26.7. The predicted octanol–water partition coefficient (Wildman–Crippen LogP) is 5.65. The van der Waals surface area contributed by atoms with Crippen molar-refractivity contribution < 1.29 is 27.2 Å². The zero-order valence-corrected chi connectivity index (χ0v) is 22.2. The molecule has 8 atom stereocenters. The molecule has 0 bridgehead atoms. The summed E-state index contributed by atoms with van der Waals surface area (Å²) in [6.07, 6.45) is -3.70. The molecule has 42 heavy (non-hydrogen) atoms. The van der Waals surface area contributed by atoms with E-state index in [0.29, 0.717) is 0 Å². The summed E-state index contributed by atoms with van der Waals surface area (Å²) in [5.41, 5.74) is 1.86. The zero-order valence-electron chi connectivity index (χ0n) is 22.2. The summed E-state index contributed by atoms with van der Waals surface area (Å²) in [4.78, 5) is 32.0. The Hall–Kier alpha value is -4.22. The Labute approximate surface area is 237 Å². The number of Topliss-reactive ketones (excluding diaryl/α,β-unsaturated/α-hetero) is 2. The fourth-order valence-corrected chi connectivity index (χ4v) is 5.68. The van der Waals surface area contributed by atoms with Gasteiger partial charge in [0, 0.05) is 12.8 Å². The molecule has 216 valence electrons. The van der Waals surface area contributed by atoms with Gasteiger partial charge in [0.15, 0.2) is 24.0 Å². The van der Waals surface area contributed by atoms with E-state index in [2.05, 4.69) is 20.2 Å². The van der Waals surface area contributed by atoms with E-state index in [4.69, 9.17) is 0 Å². The topological polar surface area (TPSA) is 95.6 Å². The first-order chi connectivity index (χ1) is 20.3. The Morgan fingerprint density at radius 3 is 1.29 bits per heavy atom. The van der Waals surface area contributed by atoms with Crippen molar-refractivity contribution in [3.05, 3.63) is 95.1 Å². The maximum Gasteiger partial charge on any atom is 0.218 e. The molecule has 0 radical (unpaired) electrons. The molecule has 8 nitrogen and oxygen atoms in total. The van der Waals surface area contributed by atoms with Gasteiger partial charge in [-0.3, -0.25) is 9.59 Å². The quantitative estimate of drug-likeness (QED) is 0.217. The van der Waals surface area contributed by atoms with Crippen molar-refractivity contribution in [3.8, 4) is 0 Å². The van der Waals surface area contributed by atoms with E-state index in [1.54, 1.807) is 0 Å². The van der Waals surface area contributed by atoms with Crippen LogP contribution in [0.5, 0.6) is 0 Å². The summed E-state index contributed by atoms with van der Waals surface area (Å²) in [6.45, 7) is 0. The van der Waals surface area contributed by atoms with Gasteiger partial charge in [-0.2, -0.15) is 0 Å². The molecular formula is C30H26F4N6O2. The summed E-state index contributed by atoms with van der Waals surface area (Å²) in [6, 6.07) is 18.3. The second-order valence-electron chi connectivity index (χ2n) is 11.2. The molecule has 2 aliphatic heterocycles. The van der Waals surface area contributed by atoms with Crippen molar-refractivity contribution in [3.63, 3.8) is 0 Å². The van der Waals surface area contributed by atoms with Crippen molar-refractivity contribution in [1.29, 1.82) is 0 Å². The standard InChI is InChI=1S/2C15H13F2N3O/c2*16-10-6-9(10)13(21)14-18-15-11(17)7-12(20(15)19-14)8-4-2-1-3-5-8/h2*1-5,9-12H,6-7H2/t9-,10+,11+,12+;9-,10+,11-,12-/m01/s1. The number of halogens is 4. The van der Waals surface area contributed by atoms with Gasteiger partial charge >= 0.3 is 0 Å². The number of nitrogens with zero attached hydrogens (tertiary/aromatic N) is 6. The van der Waals surface area contributed by atoms with Crippen molar-refractivity contribution in [2.45, 2.75) is 62.5 Å². The SMILES string of the molecule is O=C(c1nc2n(n1)[C@@H](c1ccccc1)C[C@H]2F)[C@@H]1C[C@@H]1F.O=C(c1nc2n(n1)[C@@H](c1ccccc1)C[C@H]2F)[C@H]1C[C@H]1F. The number of benzene rings is 2. The zero-order chi connectivity index (χ0) is 29.1. The number of aromatic nitrogens is 6. The third kappa shape index (κ3) is 4.72. The van der Waals surface area contributed by atoms with E-state index in [1.807, 2.05) is 60.7 Å². The van der Waals surface area contributed by atoms with Gasteiger partial charge in [-0.05, 0) is 24.0 Å². The fraction of sp³-hybridized carbons (Fsp3) is 0.400. The molecule has 2 aromatic carbocycles. The average molecular weight is 579 g/mol. The van der Waals surface area contributed by atoms with Crippen LogP contribution in [0.25, 0.3) is 0 Å². The van der Waals surface area contributed by atoms with Crippen LogP contribution in [0.15, 0.2) is 60.7 Å². The van der Waals surface area contributed by atoms with Crippen LogP contribution in [-0.2, 0) is 0 Å². The third-order valence-electron chi connectivity index (χ3n) is 8.23. The Balaban J connectivity index is 0.000000137. The fourth-order valence-electron chi connectivity index (χ4n) is 5.68. The van der Waals surface area contributed by atoms with Crippen LogP contribution in [0.1, 0.15) is 94.1 Å². The van der Waals surface area contributed by atoms with Gasteiger partial charge < -0.3 is 0 Å². The Morgan fingerprint density at radius 2 is 0.952 bits per heavy atom. The summed E-state index contributed by atoms with van der Waals surface area (Å²) >= 11 is 0. The minimum atomic E-state index is -1.25. The van der Waals surface area contributed by atoms with Gasteiger partial charge in [0.2, 0.25) is 23.2 Å². The average Bonchev–Trinajstić information content (AvgIpc) is 3.63. The number of rotatable bonds is 6. The molecule has 0 saturated heterocycles. The molecule has 4 aliphatic rings. The van der Waals surface area contributed by atoms with Crippen molar-refractivity contribution >= 4 is 11.6 Å². The molecule has 0 unspecified atom stereocenters. The number of hydrogen-bond acceptors (Lipinski definition) is 6. The largest absolute Gasteiger partial charge is 0.290 e. The Morgan fingerprint density at radius 1 is 0.595 bits per heavy atom. The number of carbonyl (C=O) groups is 2. The Bertz CT molecular complexity index is 1520. The number of carbonyl (C=O) groups excluding carboxylic acids is 2. The number of ketones is 2. The van der Waals surface area contributed by atoms with E-state index >= 15 is 0 Å². The summed E-state index contributed by atoms with van der Waals surface area (Å²) < 4.78 is 57.1. The lowest BCUT2D eigenvalue weighted by Crippen LogP contribution is -2.11. The van der Waals surface area contributed by atoms with Crippen LogP contribution in [0.3, 0.4) is 0 Å². The molecule has 2 aliphatic carbocycles. The van der Waals surface area contributed by atoms with Gasteiger partial charge in [0.25, 0.3) is 0 Å². The molecule has 8 rings (SSSR count). The van der Waals surface area contributed by atoms with Crippen molar-refractivity contribution in [1.82, 2.24) is 29.5 Å². The molecule has 0 amide bonds. The number of alkyl halides is 4. The lowest BCUT2D eigenvalue weighted by atomic mass is 10.0. The minimum Gasteiger partial charge on any atom is -0.290 e. The predicted molar refractivity (Wildman–Crippen MR) is 141 cm³/mol. The van der Waals surface area contributed by atoms with Crippen molar-refractivity contribution in [2.24, 2.45) is 11.8 Å². The molecule has 0 spiro atoms. The molecular weight excluding hydrogens is 552 g/mol.